The Labute approximate surface area is 171 Å². The molecule has 4 aliphatic carbocycles. The van der Waals surface area contributed by atoms with Crippen molar-refractivity contribution in [3.05, 3.63) is 29.3 Å². The minimum Gasteiger partial charge on any atom is -0.452 e. The molecule has 6 heteroatoms. The van der Waals surface area contributed by atoms with Crippen molar-refractivity contribution in [2.45, 2.75) is 82.1 Å². The summed E-state index contributed by atoms with van der Waals surface area (Å²) in [4.78, 5) is 12.5. The summed E-state index contributed by atoms with van der Waals surface area (Å²) < 4.78 is 24.9. The second-order valence-electron chi connectivity index (χ2n) is 11.1. The summed E-state index contributed by atoms with van der Waals surface area (Å²) in [5.41, 5.74) is 1.76. The van der Waals surface area contributed by atoms with Crippen molar-refractivity contribution in [2.24, 2.45) is 17.3 Å². The van der Waals surface area contributed by atoms with Crippen LogP contribution in [0.2, 0.25) is 6.32 Å². The van der Waals surface area contributed by atoms with Gasteiger partial charge in [0.15, 0.2) is 0 Å². The summed E-state index contributed by atoms with van der Waals surface area (Å²) in [6, 6.07) is 5.84. The van der Waals surface area contributed by atoms with Crippen LogP contribution >= 0.6 is 0 Å². The normalized spacial score (nSPS) is 46.1. The van der Waals surface area contributed by atoms with Crippen molar-refractivity contribution in [3.8, 4) is 5.75 Å². The van der Waals surface area contributed by atoms with Crippen molar-refractivity contribution in [1.82, 2.24) is 0 Å². The van der Waals surface area contributed by atoms with Crippen LogP contribution in [0.3, 0.4) is 0 Å². The SMILES string of the molecule is CC1(C)OC(=O)c2cccc(C3(CB4OC56CC7CC(C75C)[C@]6(C)O4)CC3)c2O1. The third kappa shape index (κ3) is 1.67. The largest absolute Gasteiger partial charge is 0.458 e. The average Bonchev–Trinajstić information content (AvgIpc) is 3.34. The van der Waals surface area contributed by atoms with Crippen molar-refractivity contribution >= 4 is 13.1 Å². The number of rotatable bonds is 3. The molecule has 152 valence electrons. The first-order chi connectivity index (χ1) is 13.6. The third-order valence-electron chi connectivity index (χ3n) is 9.58. The second-order valence-corrected chi connectivity index (χ2v) is 11.1. The summed E-state index contributed by atoms with van der Waals surface area (Å²) in [5, 5.41) is 0. The number of carbonyl (C=O) groups is 1. The van der Waals surface area contributed by atoms with Gasteiger partial charge in [-0.1, -0.05) is 19.1 Å². The number of hydrogen-bond donors (Lipinski definition) is 0. The topological polar surface area (TPSA) is 54.0 Å². The lowest BCUT2D eigenvalue weighted by Crippen LogP contribution is -2.92. The maximum atomic E-state index is 12.5. The number of hydrogen-bond acceptors (Lipinski definition) is 5. The number of cyclic esters (lactones) is 1. The van der Waals surface area contributed by atoms with Crippen LogP contribution in [0.15, 0.2) is 18.2 Å². The zero-order chi connectivity index (χ0) is 20.0. The molecule has 2 aliphatic heterocycles. The molecule has 0 bridgehead atoms. The Morgan fingerprint density at radius 2 is 1.90 bits per heavy atom. The van der Waals surface area contributed by atoms with E-state index >= 15 is 0 Å². The quantitative estimate of drug-likeness (QED) is 0.571. The Kier molecular flexibility index (Phi) is 2.69. The van der Waals surface area contributed by atoms with E-state index in [9.17, 15) is 4.79 Å². The van der Waals surface area contributed by atoms with Gasteiger partial charge in [0.1, 0.15) is 11.3 Å². The molecule has 0 aromatic heterocycles. The summed E-state index contributed by atoms with van der Waals surface area (Å²) in [6.45, 7) is 8.26. The summed E-state index contributed by atoms with van der Waals surface area (Å²) in [5.74, 6) is 0.915. The molecule has 0 amide bonds. The molecule has 29 heavy (non-hydrogen) atoms. The summed E-state index contributed by atoms with van der Waals surface area (Å²) >= 11 is 0. The number of carbonyl (C=O) groups excluding carboxylic acids is 1. The molecule has 0 N–H and O–H groups in total. The summed E-state index contributed by atoms with van der Waals surface area (Å²) in [6.07, 6.45) is 5.42. The second kappa shape index (κ2) is 4.55. The first-order valence-electron chi connectivity index (χ1n) is 11.1. The third-order valence-corrected chi connectivity index (χ3v) is 9.58. The highest BCUT2D eigenvalue weighted by atomic mass is 16.7. The first kappa shape index (κ1) is 17.2. The molecule has 5 fully saturated rings. The van der Waals surface area contributed by atoms with Crippen LogP contribution in [-0.4, -0.2) is 30.1 Å². The average molecular weight is 394 g/mol. The van der Waals surface area contributed by atoms with Crippen molar-refractivity contribution in [2.75, 3.05) is 0 Å². The lowest BCUT2D eigenvalue weighted by molar-refractivity contribution is -0.429. The van der Waals surface area contributed by atoms with Gasteiger partial charge in [0.25, 0.3) is 0 Å². The Morgan fingerprint density at radius 1 is 1.10 bits per heavy atom. The van der Waals surface area contributed by atoms with E-state index in [0.29, 0.717) is 22.6 Å². The van der Waals surface area contributed by atoms with Crippen molar-refractivity contribution < 1.29 is 23.6 Å². The maximum Gasteiger partial charge on any atom is 0.458 e. The van der Waals surface area contributed by atoms with Crippen molar-refractivity contribution in [1.29, 1.82) is 0 Å². The molecule has 5 atom stereocenters. The van der Waals surface area contributed by atoms with Gasteiger partial charge in [-0.25, -0.2) is 4.79 Å². The number of esters is 1. The van der Waals surface area contributed by atoms with E-state index in [1.165, 1.54) is 6.42 Å². The molecule has 1 aromatic rings. The number of fused-ring (bicyclic) bond motifs is 2. The highest BCUT2D eigenvalue weighted by molar-refractivity contribution is 6.46. The molecule has 1 spiro atoms. The van der Waals surface area contributed by atoms with E-state index in [1.54, 1.807) is 19.9 Å². The van der Waals surface area contributed by atoms with Crippen molar-refractivity contribution in [3.63, 3.8) is 0 Å². The molecule has 0 radical (unpaired) electrons. The molecule has 1 saturated heterocycles. The van der Waals surface area contributed by atoms with Gasteiger partial charge in [-0.2, -0.15) is 0 Å². The molecule has 5 nitrogen and oxygen atoms in total. The molecule has 4 unspecified atom stereocenters. The minimum absolute atomic E-state index is 0.0381. The van der Waals surface area contributed by atoms with Crippen LogP contribution in [0, 0.1) is 17.3 Å². The van der Waals surface area contributed by atoms with E-state index < -0.39 is 5.79 Å². The molecule has 7 rings (SSSR count). The van der Waals surface area contributed by atoms with Gasteiger partial charge in [0.2, 0.25) is 5.79 Å². The smallest absolute Gasteiger partial charge is 0.452 e. The van der Waals surface area contributed by atoms with Gasteiger partial charge in [0, 0.05) is 24.8 Å². The molecule has 2 heterocycles. The molecular weight excluding hydrogens is 367 g/mol. The van der Waals surface area contributed by atoms with E-state index in [4.69, 9.17) is 18.8 Å². The molecule has 4 saturated carbocycles. The molecule has 6 aliphatic rings. The predicted octanol–water partition coefficient (Wildman–Crippen LogP) is 4.10. The fourth-order valence-electron chi connectivity index (χ4n) is 7.88. The predicted molar refractivity (Wildman–Crippen MR) is 106 cm³/mol. The Balaban J connectivity index is 1.21. The number of ether oxygens (including phenoxy) is 2. The van der Waals surface area contributed by atoms with Crippen LogP contribution in [0.1, 0.15) is 69.3 Å². The van der Waals surface area contributed by atoms with E-state index in [1.807, 2.05) is 6.07 Å². The van der Waals surface area contributed by atoms with E-state index in [-0.39, 0.29) is 29.7 Å². The fourth-order valence-corrected chi connectivity index (χ4v) is 7.88. The van der Waals surface area contributed by atoms with Gasteiger partial charge in [-0.05, 0) is 62.2 Å². The first-order valence-corrected chi connectivity index (χ1v) is 11.1. The maximum absolute atomic E-state index is 12.5. The lowest BCUT2D eigenvalue weighted by Gasteiger charge is -2.87. The highest BCUT2D eigenvalue weighted by Gasteiger charge is 2.93. The summed E-state index contributed by atoms with van der Waals surface area (Å²) in [7, 11) is -0.176. The van der Waals surface area contributed by atoms with Crippen LogP contribution in [0.5, 0.6) is 5.75 Å². The Hall–Kier alpha value is -1.53. The van der Waals surface area contributed by atoms with Crippen LogP contribution < -0.4 is 4.74 Å². The monoisotopic (exact) mass is 394 g/mol. The van der Waals surface area contributed by atoms with Gasteiger partial charge >= 0.3 is 13.1 Å². The Bertz CT molecular complexity index is 985. The molecule has 1 aromatic carbocycles. The van der Waals surface area contributed by atoms with Gasteiger partial charge < -0.3 is 18.8 Å². The van der Waals surface area contributed by atoms with Gasteiger partial charge in [-0.15, -0.1) is 0 Å². The minimum atomic E-state index is -0.948. The van der Waals surface area contributed by atoms with Gasteiger partial charge in [-0.3, -0.25) is 0 Å². The zero-order valence-electron chi connectivity index (χ0n) is 17.5. The van der Waals surface area contributed by atoms with E-state index in [2.05, 4.69) is 19.9 Å². The lowest BCUT2D eigenvalue weighted by atomic mass is 9.21. The standard InChI is InChI=1S/C23H27BO5/c1-19(2)26-17-14(18(25)27-19)6-5-7-15(17)22(8-9-22)12-24-28-21(4)16-10-13-11-23(21,29-24)20(13,16)3/h5-7,13,16H,8-12H2,1-4H3/t13?,16?,20?,21-,23?/m0/s1. The Morgan fingerprint density at radius 3 is 2.55 bits per heavy atom. The number of benzene rings is 1. The zero-order valence-corrected chi connectivity index (χ0v) is 17.5. The van der Waals surface area contributed by atoms with Crippen LogP contribution in [0.4, 0.5) is 0 Å². The van der Waals surface area contributed by atoms with E-state index in [0.717, 1.165) is 37.1 Å². The fraction of sp³-hybridized carbons (Fsp3) is 0.696. The van der Waals surface area contributed by atoms with Gasteiger partial charge in [0.05, 0.1) is 11.2 Å². The molecular formula is C23H27BO5. The number of para-hydroxylation sites is 1. The van der Waals surface area contributed by atoms with Crippen LogP contribution in [-0.2, 0) is 19.5 Å². The van der Waals surface area contributed by atoms with Crippen LogP contribution in [0.25, 0.3) is 0 Å². The highest BCUT2D eigenvalue weighted by Crippen LogP contribution is 2.88.